The molecule has 1 aliphatic rings. The average molecular weight is 350 g/mol. The van der Waals surface area contributed by atoms with Crippen molar-refractivity contribution in [1.82, 2.24) is 15.1 Å². The number of likely N-dealkylation sites (N-methyl/N-ethyl adjacent to an activating group) is 1. The molecular weight excluding hydrogens is 326 g/mol. The van der Waals surface area contributed by atoms with Crippen LogP contribution in [0.25, 0.3) is 11.3 Å². The largest absolute Gasteiger partial charge is 0.490 e. The number of H-pyrrole nitrogens is 1. The van der Waals surface area contributed by atoms with Gasteiger partial charge in [0.05, 0.1) is 23.9 Å². The van der Waals surface area contributed by atoms with Crippen LogP contribution in [0.3, 0.4) is 0 Å². The molecule has 0 saturated heterocycles. The van der Waals surface area contributed by atoms with Crippen molar-refractivity contribution in [2.45, 2.75) is 33.7 Å². The molecule has 2 heterocycles. The molecular formula is C18H24ClN3O2. The highest BCUT2D eigenvalue weighted by atomic mass is 35.5. The maximum Gasteiger partial charge on any atom is 0.179 e. The Hall–Kier alpha value is -1.72. The van der Waals surface area contributed by atoms with Crippen LogP contribution in [0.4, 0.5) is 0 Å². The lowest BCUT2D eigenvalue weighted by atomic mass is 10.0. The highest BCUT2D eigenvalue weighted by Crippen LogP contribution is 2.40. The minimum absolute atomic E-state index is 0.544. The summed E-state index contributed by atoms with van der Waals surface area (Å²) in [5.41, 5.74) is 4.39. The first-order chi connectivity index (χ1) is 11.7. The molecule has 0 aliphatic carbocycles. The van der Waals surface area contributed by atoms with E-state index in [9.17, 15) is 0 Å². The van der Waals surface area contributed by atoms with Crippen LogP contribution in [0, 0.1) is 0 Å². The summed E-state index contributed by atoms with van der Waals surface area (Å²) >= 11 is 6.45. The minimum atomic E-state index is 0.544. The second-order valence-corrected chi connectivity index (χ2v) is 6.21. The second-order valence-electron chi connectivity index (χ2n) is 5.80. The molecule has 24 heavy (non-hydrogen) atoms. The molecule has 130 valence electrons. The first kappa shape index (κ1) is 17.1. The van der Waals surface area contributed by atoms with Gasteiger partial charge in [-0.25, -0.2) is 0 Å². The Labute approximate surface area is 147 Å². The minimum Gasteiger partial charge on any atom is -0.490 e. The van der Waals surface area contributed by atoms with Crippen molar-refractivity contribution in [3.05, 3.63) is 28.4 Å². The maximum absolute atomic E-state index is 6.45. The van der Waals surface area contributed by atoms with Crippen LogP contribution in [-0.4, -0.2) is 41.4 Å². The molecule has 0 atom stereocenters. The van der Waals surface area contributed by atoms with Crippen molar-refractivity contribution in [2.75, 3.05) is 26.3 Å². The van der Waals surface area contributed by atoms with E-state index in [1.54, 1.807) is 0 Å². The van der Waals surface area contributed by atoms with Gasteiger partial charge in [0, 0.05) is 36.3 Å². The van der Waals surface area contributed by atoms with E-state index in [-0.39, 0.29) is 0 Å². The van der Waals surface area contributed by atoms with Gasteiger partial charge in [-0.05, 0) is 32.5 Å². The number of ether oxygens (including phenoxy) is 2. The van der Waals surface area contributed by atoms with Gasteiger partial charge < -0.3 is 9.47 Å². The summed E-state index contributed by atoms with van der Waals surface area (Å²) in [6.07, 6.45) is 0.999. The Balaban J connectivity index is 2.03. The van der Waals surface area contributed by atoms with Crippen LogP contribution in [-0.2, 0) is 13.0 Å². The van der Waals surface area contributed by atoms with Crippen molar-refractivity contribution >= 4 is 11.6 Å². The summed E-state index contributed by atoms with van der Waals surface area (Å²) < 4.78 is 11.4. The molecule has 0 radical (unpaired) electrons. The summed E-state index contributed by atoms with van der Waals surface area (Å²) in [5.74, 6) is 1.27. The van der Waals surface area contributed by atoms with E-state index in [0.717, 1.165) is 37.3 Å². The first-order valence-electron chi connectivity index (χ1n) is 8.55. The molecule has 0 spiro atoms. The molecule has 1 aromatic heterocycles. The number of fused-ring (bicyclic) bond motifs is 1. The molecule has 0 unspecified atom stereocenters. The van der Waals surface area contributed by atoms with Gasteiger partial charge in [0.2, 0.25) is 0 Å². The zero-order valence-corrected chi connectivity index (χ0v) is 15.2. The van der Waals surface area contributed by atoms with Crippen molar-refractivity contribution < 1.29 is 9.47 Å². The Morgan fingerprint density at radius 2 is 2.00 bits per heavy atom. The van der Waals surface area contributed by atoms with Gasteiger partial charge in [-0.1, -0.05) is 18.5 Å². The number of benzene rings is 1. The standard InChI is InChI=1S/C18H24ClN3O2/c1-4-22-8-7-15-13(11-22)17(21-20-15)12-9-14(19)18(24-6-3)16(10-12)23-5-2/h9-10H,4-8,11H2,1-3H3,(H,20,21). The fourth-order valence-electron chi connectivity index (χ4n) is 3.11. The van der Waals surface area contributed by atoms with Crippen LogP contribution in [0.1, 0.15) is 32.0 Å². The fraction of sp³-hybridized carbons (Fsp3) is 0.500. The quantitative estimate of drug-likeness (QED) is 0.859. The first-order valence-corrected chi connectivity index (χ1v) is 8.93. The lowest BCUT2D eigenvalue weighted by Crippen LogP contribution is -2.30. The van der Waals surface area contributed by atoms with Crippen LogP contribution in [0.2, 0.25) is 5.02 Å². The highest BCUT2D eigenvalue weighted by molar-refractivity contribution is 6.32. The Morgan fingerprint density at radius 1 is 1.21 bits per heavy atom. The molecule has 0 fully saturated rings. The lowest BCUT2D eigenvalue weighted by molar-refractivity contribution is 0.267. The van der Waals surface area contributed by atoms with Gasteiger partial charge in [-0.15, -0.1) is 0 Å². The molecule has 0 bridgehead atoms. The number of aromatic amines is 1. The van der Waals surface area contributed by atoms with Crippen LogP contribution < -0.4 is 9.47 Å². The third kappa shape index (κ3) is 3.23. The fourth-order valence-corrected chi connectivity index (χ4v) is 3.38. The lowest BCUT2D eigenvalue weighted by Gasteiger charge is -2.25. The predicted molar refractivity (Wildman–Crippen MR) is 96.0 cm³/mol. The molecule has 5 nitrogen and oxygen atoms in total. The van der Waals surface area contributed by atoms with Crippen molar-refractivity contribution in [3.8, 4) is 22.8 Å². The van der Waals surface area contributed by atoms with Crippen LogP contribution >= 0.6 is 11.6 Å². The number of halogens is 1. The Morgan fingerprint density at radius 3 is 2.71 bits per heavy atom. The second kappa shape index (κ2) is 7.45. The molecule has 0 amide bonds. The summed E-state index contributed by atoms with van der Waals surface area (Å²) in [6.45, 7) is 10.2. The SMILES string of the molecule is CCOc1cc(-c2n[nH]c3c2CN(CC)CC3)cc(Cl)c1OCC. The number of hydrogen-bond acceptors (Lipinski definition) is 4. The third-order valence-corrected chi connectivity index (χ3v) is 4.61. The van der Waals surface area contributed by atoms with Crippen molar-refractivity contribution in [1.29, 1.82) is 0 Å². The number of nitrogens with zero attached hydrogens (tertiary/aromatic N) is 2. The smallest absolute Gasteiger partial charge is 0.179 e. The Kier molecular flexibility index (Phi) is 5.31. The zero-order chi connectivity index (χ0) is 17.1. The predicted octanol–water partition coefficient (Wildman–Crippen LogP) is 3.91. The van der Waals surface area contributed by atoms with E-state index in [2.05, 4.69) is 22.0 Å². The van der Waals surface area contributed by atoms with E-state index in [1.807, 2.05) is 26.0 Å². The van der Waals surface area contributed by atoms with E-state index >= 15 is 0 Å². The van der Waals surface area contributed by atoms with Gasteiger partial charge >= 0.3 is 0 Å². The Bertz CT molecular complexity index is 715. The van der Waals surface area contributed by atoms with Crippen molar-refractivity contribution in [2.24, 2.45) is 0 Å². The molecule has 1 N–H and O–H groups in total. The number of rotatable bonds is 6. The van der Waals surface area contributed by atoms with Crippen LogP contribution in [0.5, 0.6) is 11.5 Å². The molecule has 1 aliphatic heterocycles. The van der Waals surface area contributed by atoms with E-state index in [4.69, 9.17) is 21.1 Å². The molecule has 2 aromatic rings. The maximum atomic E-state index is 6.45. The van der Waals surface area contributed by atoms with Gasteiger partial charge in [-0.2, -0.15) is 5.10 Å². The summed E-state index contributed by atoms with van der Waals surface area (Å²) in [4.78, 5) is 2.42. The van der Waals surface area contributed by atoms with E-state index < -0.39 is 0 Å². The van der Waals surface area contributed by atoms with Crippen LogP contribution in [0.15, 0.2) is 12.1 Å². The van der Waals surface area contributed by atoms with E-state index in [0.29, 0.717) is 29.7 Å². The third-order valence-electron chi connectivity index (χ3n) is 4.33. The molecule has 6 heteroatoms. The van der Waals surface area contributed by atoms with E-state index in [1.165, 1.54) is 11.3 Å². The van der Waals surface area contributed by atoms with Crippen molar-refractivity contribution in [3.63, 3.8) is 0 Å². The summed E-state index contributed by atoms with van der Waals surface area (Å²) in [5, 5.41) is 8.29. The normalized spacial score (nSPS) is 14.5. The summed E-state index contributed by atoms with van der Waals surface area (Å²) in [6, 6.07) is 3.89. The average Bonchev–Trinajstić information content (AvgIpc) is 3.01. The van der Waals surface area contributed by atoms with Gasteiger partial charge in [0.25, 0.3) is 0 Å². The van der Waals surface area contributed by atoms with Gasteiger partial charge in [0.15, 0.2) is 11.5 Å². The van der Waals surface area contributed by atoms with Gasteiger partial charge in [0.1, 0.15) is 0 Å². The number of nitrogens with one attached hydrogen (secondary N) is 1. The highest BCUT2D eigenvalue weighted by Gasteiger charge is 2.23. The number of aromatic nitrogens is 2. The van der Waals surface area contributed by atoms with Gasteiger partial charge in [-0.3, -0.25) is 10.00 Å². The monoisotopic (exact) mass is 349 g/mol. The number of hydrogen-bond donors (Lipinski definition) is 1. The molecule has 3 rings (SSSR count). The topological polar surface area (TPSA) is 50.4 Å². The zero-order valence-electron chi connectivity index (χ0n) is 14.5. The molecule has 1 aromatic carbocycles. The summed E-state index contributed by atoms with van der Waals surface area (Å²) in [7, 11) is 0. The molecule has 0 saturated carbocycles.